The first kappa shape index (κ1) is 30.4. The van der Waals surface area contributed by atoms with Crippen LogP contribution < -0.4 is 9.64 Å². The number of fused-ring (bicyclic) bond motifs is 7. The Balaban J connectivity index is 1.51. The molecule has 0 amide bonds. The summed E-state index contributed by atoms with van der Waals surface area (Å²) >= 11 is 0. The van der Waals surface area contributed by atoms with Crippen LogP contribution in [0.25, 0.3) is 28.0 Å². The van der Waals surface area contributed by atoms with Gasteiger partial charge in [-0.25, -0.2) is 4.98 Å². The summed E-state index contributed by atoms with van der Waals surface area (Å²) in [5, 5.41) is 14.8. The molecule has 1 saturated heterocycles. The van der Waals surface area contributed by atoms with Crippen LogP contribution in [-0.4, -0.2) is 46.4 Å². The molecule has 232 valence electrons. The van der Waals surface area contributed by atoms with Gasteiger partial charge in [-0.1, -0.05) is 37.3 Å². The molecule has 8 nitrogen and oxygen atoms in total. The summed E-state index contributed by atoms with van der Waals surface area (Å²) in [5.41, 5.74) is 6.75. The van der Waals surface area contributed by atoms with Gasteiger partial charge in [-0.2, -0.15) is 14.9 Å². The van der Waals surface area contributed by atoms with Crippen molar-refractivity contribution in [1.82, 2.24) is 14.6 Å². The maximum absolute atomic E-state index is 12.8. The number of hydrogen-bond acceptors (Lipinski definition) is 7. The van der Waals surface area contributed by atoms with E-state index in [1.54, 1.807) is 6.07 Å². The van der Waals surface area contributed by atoms with Gasteiger partial charge in [-0.15, -0.1) is 0 Å². The Bertz CT molecular complexity index is 1790. The largest absolute Gasteiger partial charge is 0.490 e. The predicted molar refractivity (Wildman–Crippen MR) is 176 cm³/mol. The molecule has 0 spiro atoms. The van der Waals surface area contributed by atoms with E-state index in [0.717, 1.165) is 96.0 Å². The molecular formula is C37H41N5O3. The molecule has 1 fully saturated rings. The van der Waals surface area contributed by atoms with Crippen molar-refractivity contribution >= 4 is 17.4 Å². The standard InChI is InChI=1S/C37H41N5O3/c1-5-44-35(43)22-30-26(3)39-34-23-32-29-12-9-11-28(21-29)31-20-27(24-38)13-14-33(31)45-25(2)10-7-6-8-15-37(4)16-18-41(19-17-37)36(30)42(34)40-32/h6-7,9,11-14,20-21,23,25H,5,8,10,15-19,22H2,1-4H3/b7-6+. The third-order valence-corrected chi connectivity index (χ3v) is 9.23. The molecule has 45 heavy (non-hydrogen) atoms. The Morgan fingerprint density at radius 3 is 2.69 bits per heavy atom. The smallest absolute Gasteiger partial charge is 0.310 e. The van der Waals surface area contributed by atoms with Gasteiger partial charge in [0.1, 0.15) is 11.6 Å². The van der Waals surface area contributed by atoms with Gasteiger partial charge in [0.2, 0.25) is 0 Å². The molecule has 0 radical (unpaired) electrons. The van der Waals surface area contributed by atoms with Crippen molar-refractivity contribution in [3.63, 3.8) is 0 Å². The lowest BCUT2D eigenvalue weighted by Crippen LogP contribution is -2.40. The van der Waals surface area contributed by atoms with Crippen LogP contribution in [0.5, 0.6) is 5.75 Å². The number of carbonyl (C=O) groups excluding carboxylic acids is 1. The summed E-state index contributed by atoms with van der Waals surface area (Å²) in [5.74, 6) is 1.41. The van der Waals surface area contributed by atoms with Crippen LogP contribution >= 0.6 is 0 Å². The number of aromatic nitrogens is 3. The first-order valence-corrected chi connectivity index (χ1v) is 16.0. The molecule has 0 N–H and O–H groups in total. The molecule has 0 saturated carbocycles. The lowest BCUT2D eigenvalue weighted by Gasteiger charge is -2.41. The molecule has 3 aliphatic heterocycles. The number of benzene rings is 2. The van der Waals surface area contributed by atoms with Gasteiger partial charge in [0.05, 0.1) is 36.5 Å². The van der Waals surface area contributed by atoms with Crippen LogP contribution in [0.3, 0.4) is 0 Å². The minimum atomic E-state index is -0.259. The summed E-state index contributed by atoms with van der Waals surface area (Å²) in [6.07, 6.45) is 9.71. The third-order valence-electron chi connectivity index (χ3n) is 9.23. The minimum absolute atomic E-state index is 0.0180. The lowest BCUT2D eigenvalue weighted by molar-refractivity contribution is -0.142. The Hall–Kier alpha value is -4.64. The zero-order valence-corrected chi connectivity index (χ0v) is 26.7. The fourth-order valence-electron chi connectivity index (χ4n) is 6.55. The first-order chi connectivity index (χ1) is 21.8. The van der Waals surface area contributed by atoms with Crippen LogP contribution in [0.4, 0.5) is 5.82 Å². The number of carbonyl (C=O) groups is 1. The zero-order chi connectivity index (χ0) is 31.6. The van der Waals surface area contributed by atoms with Crippen molar-refractivity contribution in [2.75, 3.05) is 24.6 Å². The second kappa shape index (κ2) is 12.8. The lowest BCUT2D eigenvalue weighted by atomic mass is 9.76. The molecule has 3 aliphatic rings. The Kier molecular flexibility index (Phi) is 8.62. The van der Waals surface area contributed by atoms with Gasteiger partial charge in [0, 0.05) is 48.0 Å². The number of allylic oxidation sites excluding steroid dienone is 1. The molecule has 6 bridgehead atoms. The van der Waals surface area contributed by atoms with Crippen molar-refractivity contribution in [3.05, 3.63) is 77.5 Å². The second-order valence-corrected chi connectivity index (χ2v) is 12.7. The van der Waals surface area contributed by atoms with Crippen LogP contribution in [-0.2, 0) is 16.0 Å². The van der Waals surface area contributed by atoms with Crippen LogP contribution in [0.2, 0.25) is 0 Å². The van der Waals surface area contributed by atoms with Crippen molar-refractivity contribution in [3.8, 4) is 34.2 Å². The predicted octanol–water partition coefficient (Wildman–Crippen LogP) is 7.46. The van der Waals surface area contributed by atoms with Crippen molar-refractivity contribution in [1.29, 1.82) is 5.26 Å². The van der Waals surface area contributed by atoms with E-state index in [2.05, 4.69) is 43.0 Å². The van der Waals surface area contributed by atoms with Gasteiger partial charge in [-0.05, 0) is 81.7 Å². The number of ether oxygens (including phenoxy) is 2. The highest BCUT2D eigenvalue weighted by Crippen LogP contribution is 2.39. The van der Waals surface area contributed by atoms with Crippen LogP contribution in [0.1, 0.15) is 69.7 Å². The van der Waals surface area contributed by atoms with Crippen LogP contribution in [0.15, 0.2) is 60.7 Å². The molecule has 0 aliphatic carbocycles. The number of esters is 1. The fourth-order valence-corrected chi connectivity index (χ4v) is 6.55. The van der Waals surface area contributed by atoms with E-state index >= 15 is 0 Å². The Morgan fingerprint density at radius 2 is 1.91 bits per heavy atom. The van der Waals surface area contributed by atoms with E-state index in [0.29, 0.717) is 12.2 Å². The van der Waals surface area contributed by atoms with Gasteiger partial charge in [0.25, 0.3) is 0 Å². The molecule has 5 heterocycles. The molecule has 7 rings (SSSR count). The zero-order valence-electron chi connectivity index (χ0n) is 26.7. The van der Waals surface area contributed by atoms with Crippen molar-refractivity contribution in [2.24, 2.45) is 5.41 Å². The summed E-state index contributed by atoms with van der Waals surface area (Å²) < 4.78 is 13.7. The van der Waals surface area contributed by atoms with Gasteiger partial charge in [-0.3, -0.25) is 4.79 Å². The maximum atomic E-state index is 12.8. The quantitative estimate of drug-likeness (QED) is 0.177. The molecule has 8 heteroatoms. The van der Waals surface area contributed by atoms with E-state index in [9.17, 15) is 10.1 Å². The highest BCUT2D eigenvalue weighted by molar-refractivity contribution is 5.79. The molecule has 4 aromatic rings. The van der Waals surface area contributed by atoms with Gasteiger partial charge < -0.3 is 14.4 Å². The summed E-state index contributed by atoms with van der Waals surface area (Å²) in [6, 6.07) is 18.1. The molecule has 1 unspecified atom stereocenters. The molecule has 2 aromatic heterocycles. The Morgan fingerprint density at radius 1 is 1.11 bits per heavy atom. The van der Waals surface area contributed by atoms with Crippen molar-refractivity contribution < 1.29 is 14.3 Å². The number of hydrogen-bond donors (Lipinski definition) is 0. The second-order valence-electron chi connectivity index (χ2n) is 12.7. The van der Waals surface area contributed by atoms with Crippen LogP contribution in [0, 0.1) is 23.7 Å². The maximum Gasteiger partial charge on any atom is 0.310 e. The summed E-state index contributed by atoms with van der Waals surface area (Å²) in [4.78, 5) is 20.1. The minimum Gasteiger partial charge on any atom is -0.490 e. The normalized spacial score (nSPS) is 20.7. The average molecular weight is 604 g/mol. The summed E-state index contributed by atoms with van der Waals surface area (Å²) in [6.45, 7) is 10.4. The summed E-state index contributed by atoms with van der Waals surface area (Å²) in [7, 11) is 0. The number of aryl methyl sites for hydroxylation is 1. The van der Waals surface area contributed by atoms with Gasteiger partial charge in [0.15, 0.2) is 5.65 Å². The molecular weight excluding hydrogens is 562 g/mol. The first-order valence-electron chi connectivity index (χ1n) is 16.0. The van der Waals surface area contributed by atoms with E-state index in [1.165, 1.54) is 0 Å². The SMILES string of the molecule is CCOC(=O)Cc1c(C)nc2cc3nn2c1N1CCC(C)(CC/C=C/CC(C)Oc2ccc(C#N)cc2-c2cccc-3c2)CC1. The van der Waals surface area contributed by atoms with Crippen molar-refractivity contribution in [2.45, 2.75) is 72.3 Å². The number of nitrogens with zero attached hydrogens (tertiary/aromatic N) is 5. The third kappa shape index (κ3) is 6.44. The van der Waals surface area contributed by atoms with E-state index in [4.69, 9.17) is 19.6 Å². The van der Waals surface area contributed by atoms with Gasteiger partial charge >= 0.3 is 5.97 Å². The fraction of sp³-hybridized carbons (Fsp3) is 0.405. The highest BCUT2D eigenvalue weighted by atomic mass is 16.5. The molecule has 2 aromatic carbocycles. The van der Waals surface area contributed by atoms with E-state index in [-0.39, 0.29) is 23.9 Å². The molecule has 1 atom stereocenters. The monoisotopic (exact) mass is 603 g/mol. The number of nitriles is 1. The number of piperidine rings is 1. The van der Waals surface area contributed by atoms with E-state index in [1.807, 2.05) is 54.8 Å². The average Bonchev–Trinajstić information content (AvgIpc) is 3.45. The highest BCUT2D eigenvalue weighted by Gasteiger charge is 2.32. The number of anilines is 1. The Labute approximate surface area is 265 Å². The number of rotatable bonds is 3. The topological polar surface area (TPSA) is 92.8 Å². The van der Waals surface area contributed by atoms with E-state index < -0.39 is 0 Å².